The normalized spacial score (nSPS) is 11.9. The molecule has 0 radical (unpaired) electrons. The Kier molecular flexibility index (Phi) is 6.50. The summed E-state index contributed by atoms with van der Waals surface area (Å²) in [5.41, 5.74) is 2.49. The molecule has 20 heavy (non-hydrogen) atoms. The van der Waals surface area contributed by atoms with Crippen LogP contribution in [0.2, 0.25) is 0 Å². The molecule has 1 aromatic rings. The van der Waals surface area contributed by atoms with Crippen molar-refractivity contribution < 1.29 is 9.47 Å². The zero-order chi connectivity index (χ0) is 15.2. The lowest BCUT2D eigenvalue weighted by Crippen LogP contribution is -2.35. The summed E-state index contributed by atoms with van der Waals surface area (Å²) < 4.78 is 11.1. The van der Waals surface area contributed by atoms with Gasteiger partial charge in [-0.25, -0.2) is 0 Å². The lowest BCUT2D eigenvalue weighted by Gasteiger charge is -2.21. The quantitative estimate of drug-likeness (QED) is 0.824. The Bertz CT molecular complexity index is 408. The predicted octanol–water partition coefficient (Wildman–Crippen LogP) is 3.76. The maximum absolute atomic E-state index is 5.72. The van der Waals surface area contributed by atoms with E-state index in [-0.39, 0.29) is 5.54 Å². The van der Waals surface area contributed by atoms with Crippen LogP contribution in [-0.2, 0) is 17.9 Å². The Labute approximate surface area is 123 Å². The average Bonchev–Trinajstić information content (AvgIpc) is 2.35. The van der Waals surface area contributed by atoms with Gasteiger partial charge in [-0.05, 0) is 44.4 Å². The molecule has 0 aliphatic rings. The summed E-state index contributed by atoms with van der Waals surface area (Å²) in [6.07, 6.45) is 0. The molecule has 1 aromatic carbocycles. The minimum Gasteiger partial charge on any atom is -0.496 e. The first-order chi connectivity index (χ1) is 9.31. The fraction of sp³-hybridized carbons (Fsp3) is 0.647. The van der Waals surface area contributed by atoms with Gasteiger partial charge in [0.25, 0.3) is 0 Å². The Hall–Kier alpha value is -1.06. The van der Waals surface area contributed by atoms with Crippen molar-refractivity contribution in [2.75, 3.05) is 13.7 Å². The summed E-state index contributed by atoms with van der Waals surface area (Å²) in [6, 6.07) is 6.29. The topological polar surface area (TPSA) is 30.5 Å². The van der Waals surface area contributed by atoms with Crippen LogP contribution < -0.4 is 10.1 Å². The third kappa shape index (κ3) is 6.40. The number of ether oxygens (including phenoxy) is 2. The van der Waals surface area contributed by atoms with Crippen molar-refractivity contribution in [1.29, 1.82) is 0 Å². The van der Waals surface area contributed by atoms with Crippen LogP contribution in [-0.4, -0.2) is 19.3 Å². The minimum absolute atomic E-state index is 0.119. The van der Waals surface area contributed by atoms with E-state index in [0.717, 1.165) is 24.5 Å². The standard InChI is InChI=1S/C17H29NO2/c1-13(2)11-20-12-15-9-14(7-8-16(15)19-6)10-18-17(3,4)5/h7-9,13,18H,10-12H2,1-6H3. The van der Waals surface area contributed by atoms with Gasteiger partial charge in [-0.2, -0.15) is 0 Å². The Morgan fingerprint density at radius 3 is 2.45 bits per heavy atom. The number of benzene rings is 1. The van der Waals surface area contributed by atoms with E-state index in [1.165, 1.54) is 5.56 Å². The summed E-state index contributed by atoms with van der Waals surface area (Å²) in [7, 11) is 1.70. The lowest BCUT2D eigenvalue weighted by atomic mass is 10.1. The van der Waals surface area contributed by atoms with Crippen molar-refractivity contribution >= 4 is 0 Å². The summed E-state index contributed by atoms with van der Waals surface area (Å²) in [5, 5.41) is 3.50. The molecule has 0 heterocycles. The molecular formula is C17H29NO2. The van der Waals surface area contributed by atoms with Crippen LogP contribution in [0.1, 0.15) is 45.7 Å². The smallest absolute Gasteiger partial charge is 0.124 e. The van der Waals surface area contributed by atoms with Crippen molar-refractivity contribution in [1.82, 2.24) is 5.32 Å². The van der Waals surface area contributed by atoms with E-state index in [0.29, 0.717) is 12.5 Å². The first-order valence-corrected chi connectivity index (χ1v) is 7.30. The van der Waals surface area contributed by atoms with Crippen LogP contribution in [0.3, 0.4) is 0 Å². The van der Waals surface area contributed by atoms with Crippen LogP contribution in [0.4, 0.5) is 0 Å². The van der Waals surface area contributed by atoms with E-state index in [1.54, 1.807) is 7.11 Å². The minimum atomic E-state index is 0.119. The van der Waals surface area contributed by atoms with E-state index in [2.05, 4.69) is 52.1 Å². The lowest BCUT2D eigenvalue weighted by molar-refractivity contribution is 0.0955. The van der Waals surface area contributed by atoms with Gasteiger partial charge in [-0.3, -0.25) is 0 Å². The molecule has 1 N–H and O–H groups in total. The van der Waals surface area contributed by atoms with E-state index in [9.17, 15) is 0 Å². The second kappa shape index (κ2) is 7.65. The maximum atomic E-state index is 5.72. The molecule has 0 aliphatic carbocycles. The summed E-state index contributed by atoms with van der Waals surface area (Å²) >= 11 is 0. The molecular weight excluding hydrogens is 250 g/mol. The molecule has 0 amide bonds. The van der Waals surface area contributed by atoms with Crippen LogP contribution in [0, 0.1) is 5.92 Å². The zero-order valence-corrected chi connectivity index (χ0v) is 13.7. The highest BCUT2D eigenvalue weighted by molar-refractivity contribution is 5.37. The Balaban J connectivity index is 2.70. The fourth-order valence-electron chi connectivity index (χ4n) is 1.83. The van der Waals surface area contributed by atoms with Gasteiger partial charge in [-0.15, -0.1) is 0 Å². The number of hydrogen-bond donors (Lipinski definition) is 1. The predicted molar refractivity (Wildman–Crippen MR) is 84.1 cm³/mol. The molecule has 0 saturated heterocycles. The van der Waals surface area contributed by atoms with Crippen LogP contribution >= 0.6 is 0 Å². The molecule has 1 rings (SSSR count). The highest BCUT2D eigenvalue weighted by Crippen LogP contribution is 2.21. The van der Waals surface area contributed by atoms with Gasteiger partial charge in [0.1, 0.15) is 5.75 Å². The second-order valence-corrected chi connectivity index (χ2v) is 6.66. The van der Waals surface area contributed by atoms with E-state index in [4.69, 9.17) is 9.47 Å². The highest BCUT2D eigenvalue weighted by Gasteiger charge is 2.10. The number of hydrogen-bond acceptors (Lipinski definition) is 3. The first kappa shape index (κ1) is 17.0. The molecule has 3 heteroatoms. The van der Waals surface area contributed by atoms with Crippen molar-refractivity contribution in [3.63, 3.8) is 0 Å². The van der Waals surface area contributed by atoms with Gasteiger partial charge in [0.05, 0.1) is 13.7 Å². The molecule has 0 unspecified atom stereocenters. The van der Waals surface area contributed by atoms with Crippen molar-refractivity contribution in [3.05, 3.63) is 29.3 Å². The largest absolute Gasteiger partial charge is 0.496 e. The first-order valence-electron chi connectivity index (χ1n) is 7.30. The van der Waals surface area contributed by atoms with Crippen LogP contribution in [0.25, 0.3) is 0 Å². The molecule has 0 aromatic heterocycles. The molecule has 0 fully saturated rings. The fourth-order valence-corrected chi connectivity index (χ4v) is 1.83. The van der Waals surface area contributed by atoms with E-state index >= 15 is 0 Å². The Morgan fingerprint density at radius 2 is 1.90 bits per heavy atom. The third-order valence-corrected chi connectivity index (χ3v) is 2.88. The monoisotopic (exact) mass is 279 g/mol. The van der Waals surface area contributed by atoms with Gasteiger partial charge in [0, 0.05) is 24.3 Å². The van der Waals surface area contributed by atoms with Gasteiger partial charge in [0.15, 0.2) is 0 Å². The van der Waals surface area contributed by atoms with E-state index < -0.39 is 0 Å². The van der Waals surface area contributed by atoms with Crippen molar-refractivity contribution in [2.24, 2.45) is 5.92 Å². The summed E-state index contributed by atoms with van der Waals surface area (Å²) in [5.74, 6) is 1.44. The van der Waals surface area contributed by atoms with Crippen molar-refractivity contribution in [2.45, 2.75) is 53.3 Å². The van der Waals surface area contributed by atoms with Crippen molar-refractivity contribution in [3.8, 4) is 5.75 Å². The zero-order valence-electron chi connectivity index (χ0n) is 13.7. The molecule has 3 nitrogen and oxygen atoms in total. The number of rotatable bonds is 7. The summed E-state index contributed by atoms with van der Waals surface area (Å²) in [4.78, 5) is 0. The molecule has 114 valence electrons. The SMILES string of the molecule is COc1ccc(CNC(C)(C)C)cc1COCC(C)C. The molecule has 0 bridgehead atoms. The van der Waals surface area contributed by atoms with Crippen LogP contribution in [0.5, 0.6) is 5.75 Å². The number of nitrogens with one attached hydrogen (secondary N) is 1. The van der Waals surface area contributed by atoms with Crippen LogP contribution in [0.15, 0.2) is 18.2 Å². The Morgan fingerprint density at radius 1 is 1.20 bits per heavy atom. The van der Waals surface area contributed by atoms with Gasteiger partial charge < -0.3 is 14.8 Å². The molecule has 0 spiro atoms. The average molecular weight is 279 g/mol. The molecule has 0 saturated carbocycles. The number of methoxy groups -OCH3 is 1. The summed E-state index contributed by atoms with van der Waals surface area (Å²) in [6.45, 7) is 13.0. The molecule has 0 atom stereocenters. The second-order valence-electron chi connectivity index (χ2n) is 6.66. The van der Waals surface area contributed by atoms with Gasteiger partial charge in [-0.1, -0.05) is 19.9 Å². The van der Waals surface area contributed by atoms with Gasteiger partial charge >= 0.3 is 0 Å². The maximum Gasteiger partial charge on any atom is 0.124 e. The molecule has 0 aliphatic heterocycles. The third-order valence-electron chi connectivity index (χ3n) is 2.88. The van der Waals surface area contributed by atoms with E-state index in [1.807, 2.05) is 6.07 Å². The van der Waals surface area contributed by atoms with Gasteiger partial charge in [0.2, 0.25) is 0 Å². The highest BCUT2D eigenvalue weighted by atomic mass is 16.5.